The molecule has 2 N–H and O–H groups in total. The molecule has 6 heteroatoms. The Morgan fingerprint density at radius 3 is 3.03 bits per heavy atom. The number of fused-ring (bicyclic) bond motifs is 2. The second kappa shape index (κ2) is 8.30. The second-order valence-corrected chi connectivity index (χ2v) is 8.05. The molecule has 2 aromatic carbocycles. The van der Waals surface area contributed by atoms with Crippen molar-refractivity contribution in [2.24, 2.45) is 0 Å². The predicted molar refractivity (Wildman–Crippen MR) is 121 cm³/mol. The fourth-order valence-electron chi connectivity index (χ4n) is 4.67. The van der Waals surface area contributed by atoms with Gasteiger partial charge in [0.15, 0.2) is 0 Å². The molecule has 0 radical (unpaired) electrons. The molecule has 0 fully saturated rings. The molecule has 0 unspecified atom stereocenters. The van der Waals surface area contributed by atoms with Crippen molar-refractivity contribution in [3.05, 3.63) is 77.6 Å². The molecule has 0 spiro atoms. The number of aromatic carboxylic acids is 1. The highest BCUT2D eigenvalue weighted by Gasteiger charge is 2.24. The van der Waals surface area contributed by atoms with Gasteiger partial charge in [-0.05, 0) is 60.7 Å². The standard InChI is InChI=1S/C25H25N3O3/c29-25(30)21-10-11-26-16-22(21)27-15-18-5-3-4-17-14-19(8-9-20(17)18)28-12-13-31-24-7-2-1-6-23(24)28/h1-2,6-11,14,16,18,27H,3-5,12-13,15H2,(H,29,30)/t18-/m0/s1. The number of nitrogens with zero attached hydrogens (tertiary/aromatic N) is 2. The second-order valence-electron chi connectivity index (χ2n) is 8.05. The first kappa shape index (κ1) is 19.4. The van der Waals surface area contributed by atoms with Crippen LogP contribution in [0.3, 0.4) is 0 Å². The normalized spacial score (nSPS) is 17.3. The first-order valence-corrected chi connectivity index (χ1v) is 10.7. The highest BCUT2D eigenvalue weighted by molar-refractivity contribution is 5.93. The van der Waals surface area contributed by atoms with Gasteiger partial charge >= 0.3 is 5.97 Å². The van der Waals surface area contributed by atoms with E-state index in [0.29, 0.717) is 24.8 Å². The van der Waals surface area contributed by atoms with Crippen LogP contribution in [0.25, 0.3) is 0 Å². The van der Waals surface area contributed by atoms with Crippen LogP contribution in [0.15, 0.2) is 60.9 Å². The van der Waals surface area contributed by atoms with E-state index in [9.17, 15) is 9.90 Å². The molecule has 1 aliphatic heterocycles. The minimum absolute atomic E-state index is 0.257. The molecule has 2 heterocycles. The van der Waals surface area contributed by atoms with E-state index in [1.807, 2.05) is 18.2 Å². The number of carboxylic acid groups (broad SMARTS) is 1. The van der Waals surface area contributed by atoms with Crippen LogP contribution in [-0.2, 0) is 6.42 Å². The minimum atomic E-state index is -0.940. The van der Waals surface area contributed by atoms with Gasteiger partial charge in [0.2, 0.25) is 0 Å². The SMILES string of the molecule is O=C(O)c1ccncc1NC[C@@H]1CCCc2cc(N3CCOc4ccccc43)ccc21. The smallest absolute Gasteiger partial charge is 0.337 e. The zero-order valence-electron chi connectivity index (χ0n) is 17.3. The van der Waals surface area contributed by atoms with E-state index >= 15 is 0 Å². The maximum atomic E-state index is 11.5. The Morgan fingerprint density at radius 1 is 1.23 bits per heavy atom. The summed E-state index contributed by atoms with van der Waals surface area (Å²) in [5.74, 6) is 0.334. The highest BCUT2D eigenvalue weighted by atomic mass is 16.5. The third-order valence-electron chi connectivity index (χ3n) is 6.20. The maximum Gasteiger partial charge on any atom is 0.337 e. The number of hydrogen-bond acceptors (Lipinski definition) is 5. The van der Waals surface area contributed by atoms with E-state index in [2.05, 4.69) is 39.5 Å². The zero-order chi connectivity index (χ0) is 21.2. The number of rotatable bonds is 5. The molecule has 5 rings (SSSR count). The van der Waals surface area contributed by atoms with Gasteiger partial charge in [-0.15, -0.1) is 0 Å². The summed E-state index contributed by atoms with van der Waals surface area (Å²) >= 11 is 0. The topological polar surface area (TPSA) is 74.7 Å². The number of carbonyl (C=O) groups is 1. The number of hydrogen-bond donors (Lipinski definition) is 2. The lowest BCUT2D eigenvalue weighted by Gasteiger charge is -2.33. The fourth-order valence-corrected chi connectivity index (χ4v) is 4.67. The van der Waals surface area contributed by atoms with E-state index in [4.69, 9.17) is 4.74 Å². The summed E-state index contributed by atoms with van der Waals surface area (Å²) in [6, 6.07) is 16.5. The number of pyridine rings is 1. The number of carboxylic acids is 1. The van der Waals surface area contributed by atoms with E-state index in [1.54, 1.807) is 6.20 Å². The van der Waals surface area contributed by atoms with Gasteiger partial charge < -0.3 is 20.1 Å². The summed E-state index contributed by atoms with van der Waals surface area (Å²) in [6.07, 6.45) is 6.38. The van der Waals surface area contributed by atoms with Crippen LogP contribution in [0.4, 0.5) is 17.1 Å². The van der Waals surface area contributed by atoms with Crippen LogP contribution in [0.1, 0.15) is 40.2 Å². The summed E-state index contributed by atoms with van der Waals surface area (Å²) in [6.45, 7) is 2.20. The van der Waals surface area contributed by atoms with Crippen LogP contribution >= 0.6 is 0 Å². The average molecular weight is 415 g/mol. The number of benzene rings is 2. The average Bonchev–Trinajstić information content (AvgIpc) is 2.82. The Labute approximate surface area is 181 Å². The van der Waals surface area contributed by atoms with Gasteiger partial charge in [0.05, 0.1) is 29.7 Å². The van der Waals surface area contributed by atoms with Crippen LogP contribution < -0.4 is 15.0 Å². The van der Waals surface area contributed by atoms with Crippen molar-refractivity contribution in [1.82, 2.24) is 4.98 Å². The number of anilines is 3. The molecular formula is C25H25N3O3. The third-order valence-corrected chi connectivity index (χ3v) is 6.20. The lowest BCUT2D eigenvalue weighted by Crippen LogP contribution is -2.28. The Morgan fingerprint density at radius 2 is 2.13 bits per heavy atom. The number of aromatic nitrogens is 1. The van der Waals surface area contributed by atoms with Crippen molar-refractivity contribution >= 4 is 23.0 Å². The molecule has 1 atom stereocenters. The molecule has 0 saturated carbocycles. The van der Waals surface area contributed by atoms with Gasteiger partial charge in [-0.25, -0.2) is 4.79 Å². The van der Waals surface area contributed by atoms with Crippen LogP contribution in [-0.4, -0.2) is 35.8 Å². The first-order valence-electron chi connectivity index (χ1n) is 10.7. The molecule has 0 bridgehead atoms. The van der Waals surface area contributed by atoms with Crippen LogP contribution in [0.2, 0.25) is 0 Å². The van der Waals surface area contributed by atoms with Crippen molar-refractivity contribution in [3.63, 3.8) is 0 Å². The first-order chi connectivity index (χ1) is 15.2. The van der Waals surface area contributed by atoms with E-state index < -0.39 is 5.97 Å². The minimum Gasteiger partial charge on any atom is -0.490 e. The number of para-hydroxylation sites is 2. The van der Waals surface area contributed by atoms with Gasteiger partial charge in [0.1, 0.15) is 12.4 Å². The van der Waals surface area contributed by atoms with Crippen molar-refractivity contribution in [2.75, 3.05) is 29.9 Å². The predicted octanol–water partition coefficient (Wildman–Crippen LogP) is 4.84. The van der Waals surface area contributed by atoms with Gasteiger partial charge in [0.25, 0.3) is 0 Å². The summed E-state index contributed by atoms with van der Waals surface area (Å²) in [5, 5.41) is 12.7. The van der Waals surface area contributed by atoms with Crippen LogP contribution in [0.5, 0.6) is 5.75 Å². The lowest BCUT2D eigenvalue weighted by molar-refractivity contribution is 0.0697. The zero-order valence-corrected chi connectivity index (χ0v) is 17.3. The largest absolute Gasteiger partial charge is 0.490 e. The Kier molecular flexibility index (Phi) is 5.20. The Balaban J connectivity index is 1.38. The van der Waals surface area contributed by atoms with Crippen molar-refractivity contribution < 1.29 is 14.6 Å². The Hall–Kier alpha value is -3.54. The fraction of sp³-hybridized carbons (Fsp3) is 0.280. The molecule has 31 heavy (non-hydrogen) atoms. The van der Waals surface area contributed by atoms with Gasteiger partial charge in [-0.1, -0.05) is 18.2 Å². The summed E-state index contributed by atoms with van der Waals surface area (Å²) in [5.41, 5.74) is 5.87. The third kappa shape index (κ3) is 3.81. The molecule has 6 nitrogen and oxygen atoms in total. The molecular weight excluding hydrogens is 390 g/mol. The molecule has 0 saturated heterocycles. The van der Waals surface area contributed by atoms with Gasteiger partial charge in [-0.3, -0.25) is 4.98 Å². The van der Waals surface area contributed by atoms with Crippen molar-refractivity contribution in [2.45, 2.75) is 25.2 Å². The molecule has 2 aliphatic rings. The summed E-state index contributed by atoms with van der Waals surface area (Å²) in [7, 11) is 0. The molecule has 158 valence electrons. The summed E-state index contributed by atoms with van der Waals surface area (Å²) in [4.78, 5) is 17.9. The molecule has 0 amide bonds. The molecule has 3 aromatic rings. The van der Waals surface area contributed by atoms with Crippen molar-refractivity contribution in [3.8, 4) is 5.75 Å². The summed E-state index contributed by atoms with van der Waals surface area (Å²) < 4.78 is 5.81. The number of nitrogens with one attached hydrogen (secondary N) is 1. The Bertz CT molecular complexity index is 1110. The van der Waals surface area contributed by atoms with Gasteiger partial charge in [-0.2, -0.15) is 0 Å². The lowest BCUT2D eigenvalue weighted by atomic mass is 9.82. The van der Waals surface area contributed by atoms with E-state index in [0.717, 1.165) is 37.2 Å². The van der Waals surface area contributed by atoms with Gasteiger partial charge in [0, 0.05) is 24.3 Å². The quantitative estimate of drug-likeness (QED) is 0.621. The van der Waals surface area contributed by atoms with E-state index in [1.165, 1.54) is 29.1 Å². The monoisotopic (exact) mass is 415 g/mol. The molecule has 1 aliphatic carbocycles. The highest BCUT2D eigenvalue weighted by Crippen LogP contribution is 2.39. The number of aryl methyl sites for hydroxylation is 1. The van der Waals surface area contributed by atoms with Crippen molar-refractivity contribution in [1.29, 1.82) is 0 Å². The molecule has 1 aromatic heterocycles. The maximum absolute atomic E-state index is 11.5. The van der Waals surface area contributed by atoms with E-state index in [-0.39, 0.29) is 5.56 Å². The van der Waals surface area contributed by atoms with Crippen LogP contribution in [0, 0.1) is 0 Å². The number of ether oxygens (including phenoxy) is 1.